The van der Waals surface area contributed by atoms with E-state index in [1.165, 1.54) is 6.20 Å². The number of carboxylic acid groups (broad SMARTS) is 1. The molecule has 5 nitrogen and oxygen atoms in total. The summed E-state index contributed by atoms with van der Waals surface area (Å²) < 4.78 is 0. The van der Waals surface area contributed by atoms with Gasteiger partial charge in [-0.2, -0.15) is 0 Å². The first-order valence-corrected chi connectivity index (χ1v) is 4.59. The molecule has 0 fully saturated rings. The summed E-state index contributed by atoms with van der Waals surface area (Å²) in [4.78, 5) is 25.2. The van der Waals surface area contributed by atoms with Crippen molar-refractivity contribution in [1.82, 2.24) is 4.98 Å². The minimum absolute atomic E-state index is 0.0950. The molecule has 0 aromatic carbocycles. The van der Waals surface area contributed by atoms with Crippen LogP contribution in [0.4, 0.5) is 5.82 Å². The molecule has 0 aliphatic carbocycles. The van der Waals surface area contributed by atoms with Gasteiger partial charge >= 0.3 is 5.97 Å². The fourth-order valence-electron chi connectivity index (χ4n) is 0.893. The average Bonchev–Trinajstić information content (AvgIpc) is 2.18. The SMILES string of the molecule is O=C(O)CCC(=O)Nc1ncccc1Cl. The van der Waals surface area contributed by atoms with Crippen molar-refractivity contribution < 1.29 is 14.7 Å². The minimum atomic E-state index is -1.02. The van der Waals surface area contributed by atoms with Crippen LogP contribution in [-0.4, -0.2) is 22.0 Å². The standard InChI is InChI=1S/C9H9ClN2O3/c10-6-2-1-5-11-9(6)12-7(13)3-4-8(14)15/h1-2,5H,3-4H2,(H,14,15)(H,11,12,13). The lowest BCUT2D eigenvalue weighted by molar-refractivity contribution is -0.138. The molecule has 0 radical (unpaired) electrons. The number of hydrogen-bond donors (Lipinski definition) is 2. The molecule has 0 atom stereocenters. The van der Waals surface area contributed by atoms with Gasteiger partial charge in [0, 0.05) is 12.6 Å². The maximum atomic E-state index is 11.2. The maximum Gasteiger partial charge on any atom is 0.303 e. The maximum absolute atomic E-state index is 11.2. The second kappa shape index (κ2) is 5.31. The molecule has 6 heteroatoms. The first-order chi connectivity index (χ1) is 7.09. The van der Waals surface area contributed by atoms with E-state index >= 15 is 0 Å². The fraction of sp³-hybridized carbons (Fsp3) is 0.222. The Bertz CT molecular complexity index is 381. The van der Waals surface area contributed by atoms with E-state index in [2.05, 4.69) is 10.3 Å². The number of amides is 1. The molecular weight excluding hydrogens is 220 g/mol. The Morgan fingerprint density at radius 1 is 1.47 bits per heavy atom. The summed E-state index contributed by atoms with van der Waals surface area (Å²) in [7, 11) is 0. The number of carbonyl (C=O) groups excluding carboxylic acids is 1. The van der Waals surface area contributed by atoms with E-state index in [1.807, 2.05) is 0 Å². The predicted octanol–water partition coefficient (Wildman–Crippen LogP) is 1.54. The van der Waals surface area contributed by atoms with Gasteiger partial charge in [0.1, 0.15) is 0 Å². The van der Waals surface area contributed by atoms with Crippen LogP contribution in [0.5, 0.6) is 0 Å². The van der Waals surface area contributed by atoms with Gasteiger partial charge < -0.3 is 10.4 Å². The second-order valence-corrected chi connectivity index (χ2v) is 3.18. The number of aliphatic carboxylic acids is 1. The van der Waals surface area contributed by atoms with Crippen molar-refractivity contribution in [3.05, 3.63) is 23.4 Å². The summed E-state index contributed by atoms with van der Waals surface area (Å²) in [5.74, 6) is -1.19. The summed E-state index contributed by atoms with van der Waals surface area (Å²) in [6.45, 7) is 0. The molecule has 1 aromatic heterocycles. The van der Waals surface area contributed by atoms with E-state index < -0.39 is 11.9 Å². The van der Waals surface area contributed by atoms with Gasteiger partial charge in [0.25, 0.3) is 0 Å². The van der Waals surface area contributed by atoms with Crippen LogP contribution in [0.25, 0.3) is 0 Å². The zero-order valence-corrected chi connectivity index (χ0v) is 8.49. The van der Waals surface area contributed by atoms with Crippen LogP contribution in [0, 0.1) is 0 Å². The van der Waals surface area contributed by atoms with Gasteiger partial charge in [0.2, 0.25) is 5.91 Å². The Labute approximate surface area is 91.1 Å². The minimum Gasteiger partial charge on any atom is -0.481 e. The van der Waals surface area contributed by atoms with Gasteiger partial charge in [-0.15, -0.1) is 0 Å². The van der Waals surface area contributed by atoms with Crippen molar-refractivity contribution in [2.75, 3.05) is 5.32 Å². The van der Waals surface area contributed by atoms with Gasteiger partial charge in [-0.1, -0.05) is 11.6 Å². The molecular formula is C9H9ClN2O3. The number of nitrogens with zero attached hydrogens (tertiary/aromatic N) is 1. The van der Waals surface area contributed by atoms with Crippen LogP contribution in [0.15, 0.2) is 18.3 Å². The zero-order chi connectivity index (χ0) is 11.3. The van der Waals surface area contributed by atoms with Crippen molar-refractivity contribution in [1.29, 1.82) is 0 Å². The molecule has 1 aromatic rings. The van der Waals surface area contributed by atoms with E-state index in [1.54, 1.807) is 12.1 Å². The Morgan fingerprint density at radius 3 is 2.80 bits per heavy atom. The number of rotatable bonds is 4. The first kappa shape index (κ1) is 11.5. The van der Waals surface area contributed by atoms with Crippen molar-refractivity contribution in [2.24, 2.45) is 0 Å². The quantitative estimate of drug-likeness (QED) is 0.819. The molecule has 0 saturated heterocycles. The summed E-state index contributed by atoms with van der Waals surface area (Å²) in [6.07, 6.45) is 1.18. The largest absolute Gasteiger partial charge is 0.481 e. The molecule has 0 aliphatic rings. The number of anilines is 1. The van der Waals surface area contributed by atoms with E-state index in [0.29, 0.717) is 5.02 Å². The molecule has 0 saturated carbocycles. The number of aromatic nitrogens is 1. The highest BCUT2D eigenvalue weighted by Crippen LogP contribution is 2.17. The summed E-state index contributed by atoms with van der Waals surface area (Å²) in [5, 5.41) is 11.1. The normalized spacial score (nSPS) is 9.67. The third kappa shape index (κ3) is 3.95. The van der Waals surface area contributed by atoms with Crippen LogP contribution >= 0.6 is 11.6 Å². The fourth-order valence-corrected chi connectivity index (χ4v) is 1.06. The monoisotopic (exact) mass is 228 g/mol. The van der Waals surface area contributed by atoms with Crippen molar-refractivity contribution >= 4 is 29.3 Å². The smallest absolute Gasteiger partial charge is 0.303 e. The number of hydrogen-bond acceptors (Lipinski definition) is 3. The summed E-state index contributed by atoms with van der Waals surface area (Å²) in [6, 6.07) is 3.22. The van der Waals surface area contributed by atoms with Crippen LogP contribution in [0.1, 0.15) is 12.8 Å². The van der Waals surface area contributed by atoms with E-state index in [9.17, 15) is 9.59 Å². The molecule has 80 valence electrons. The third-order valence-corrected chi connectivity index (χ3v) is 1.89. The highest BCUT2D eigenvalue weighted by atomic mass is 35.5. The number of pyridine rings is 1. The number of halogens is 1. The molecule has 1 heterocycles. The molecule has 1 rings (SSSR count). The Balaban J connectivity index is 2.52. The van der Waals surface area contributed by atoms with Crippen molar-refractivity contribution in [2.45, 2.75) is 12.8 Å². The van der Waals surface area contributed by atoms with Gasteiger partial charge in [0.05, 0.1) is 11.4 Å². The topological polar surface area (TPSA) is 79.3 Å². The average molecular weight is 229 g/mol. The predicted molar refractivity (Wildman–Crippen MR) is 54.7 cm³/mol. The van der Waals surface area contributed by atoms with Gasteiger partial charge in [-0.05, 0) is 12.1 Å². The number of nitrogens with one attached hydrogen (secondary N) is 1. The lowest BCUT2D eigenvalue weighted by Crippen LogP contribution is -2.14. The van der Waals surface area contributed by atoms with Crippen LogP contribution in [-0.2, 0) is 9.59 Å². The van der Waals surface area contributed by atoms with Crippen LogP contribution in [0.2, 0.25) is 5.02 Å². The van der Waals surface area contributed by atoms with Gasteiger partial charge in [0.15, 0.2) is 5.82 Å². The number of carboxylic acids is 1. The van der Waals surface area contributed by atoms with E-state index in [0.717, 1.165) is 0 Å². The molecule has 0 aliphatic heterocycles. The lowest BCUT2D eigenvalue weighted by atomic mass is 10.3. The Morgan fingerprint density at radius 2 is 2.20 bits per heavy atom. The lowest BCUT2D eigenvalue weighted by Gasteiger charge is -2.04. The molecule has 0 unspecified atom stereocenters. The third-order valence-electron chi connectivity index (χ3n) is 1.58. The Hall–Kier alpha value is -1.62. The van der Waals surface area contributed by atoms with Crippen LogP contribution < -0.4 is 5.32 Å². The molecule has 2 N–H and O–H groups in total. The van der Waals surface area contributed by atoms with E-state index in [4.69, 9.17) is 16.7 Å². The summed E-state index contributed by atoms with van der Waals surface area (Å²) >= 11 is 5.74. The van der Waals surface area contributed by atoms with Crippen molar-refractivity contribution in [3.63, 3.8) is 0 Å². The molecule has 15 heavy (non-hydrogen) atoms. The Kier molecular flexibility index (Phi) is 4.05. The second-order valence-electron chi connectivity index (χ2n) is 2.78. The highest BCUT2D eigenvalue weighted by Gasteiger charge is 2.08. The highest BCUT2D eigenvalue weighted by molar-refractivity contribution is 6.33. The van der Waals surface area contributed by atoms with Crippen LogP contribution in [0.3, 0.4) is 0 Å². The van der Waals surface area contributed by atoms with Crippen molar-refractivity contribution in [3.8, 4) is 0 Å². The molecule has 1 amide bonds. The van der Waals surface area contributed by atoms with Gasteiger partial charge in [-0.25, -0.2) is 4.98 Å². The molecule has 0 bridgehead atoms. The first-order valence-electron chi connectivity index (χ1n) is 4.22. The number of carbonyl (C=O) groups is 2. The van der Waals surface area contributed by atoms with E-state index in [-0.39, 0.29) is 18.7 Å². The molecule has 0 spiro atoms. The van der Waals surface area contributed by atoms with Gasteiger partial charge in [-0.3, -0.25) is 9.59 Å². The summed E-state index contributed by atoms with van der Waals surface area (Å²) in [5.41, 5.74) is 0. The zero-order valence-electron chi connectivity index (χ0n) is 7.74.